The summed E-state index contributed by atoms with van der Waals surface area (Å²) in [5, 5.41) is 23.4. The third-order valence-electron chi connectivity index (χ3n) is 4.38. The third-order valence-corrected chi connectivity index (χ3v) is 4.38. The van der Waals surface area contributed by atoms with Gasteiger partial charge in [-0.25, -0.2) is 0 Å². The fraction of sp³-hybridized carbons (Fsp3) is 1.00. The van der Waals surface area contributed by atoms with Crippen molar-refractivity contribution >= 4 is 0 Å². The zero-order valence-corrected chi connectivity index (χ0v) is 10.3. The second-order valence-electron chi connectivity index (χ2n) is 5.89. The Balaban J connectivity index is 1.76. The molecule has 0 aromatic carbocycles. The molecule has 3 nitrogen and oxygen atoms in total. The van der Waals surface area contributed by atoms with E-state index in [9.17, 15) is 10.2 Å². The summed E-state index contributed by atoms with van der Waals surface area (Å²) in [7, 11) is 0. The molecular weight excluding hydrogens is 202 g/mol. The first kappa shape index (κ1) is 12.3. The van der Waals surface area contributed by atoms with Crippen molar-refractivity contribution in [3.05, 3.63) is 0 Å². The molecule has 0 aromatic rings. The van der Waals surface area contributed by atoms with Gasteiger partial charge in [-0.2, -0.15) is 0 Å². The highest BCUT2D eigenvalue weighted by atomic mass is 16.3. The van der Waals surface area contributed by atoms with Gasteiger partial charge in [-0.3, -0.25) is 0 Å². The van der Waals surface area contributed by atoms with Gasteiger partial charge in [0.2, 0.25) is 0 Å². The molecule has 0 bridgehead atoms. The zero-order chi connectivity index (χ0) is 11.6. The zero-order valence-electron chi connectivity index (χ0n) is 10.3. The Labute approximate surface area is 98.2 Å². The van der Waals surface area contributed by atoms with Crippen molar-refractivity contribution in [3.8, 4) is 0 Å². The van der Waals surface area contributed by atoms with Crippen LogP contribution in [0.15, 0.2) is 0 Å². The smallest absolute Gasteiger partial charge is 0.0771 e. The second-order valence-corrected chi connectivity index (χ2v) is 5.89. The molecular formula is C13H25NO2. The minimum atomic E-state index is -0.519. The Hall–Kier alpha value is -0.120. The van der Waals surface area contributed by atoms with Crippen LogP contribution in [0.2, 0.25) is 0 Å². The van der Waals surface area contributed by atoms with Crippen molar-refractivity contribution in [2.75, 3.05) is 6.54 Å². The van der Waals surface area contributed by atoms with Crippen LogP contribution in [-0.4, -0.2) is 34.5 Å². The molecule has 0 radical (unpaired) electrons. The highest BCUT2D eigenvalue weighted by Crippen LogP contribution is 2.31. The molecule has 0 aliphatic heterocycles. The Morgan fingerprint density at radius 3 is 2.44 bits per heavy atom. The van der Waals surface area contributed by atoms with Crippen molar-refractivity contribution in [3.63, 3.8) is 0 Å². The molecule has 2 saturated carbocycles. The van der Waals surface area contributed by atoms with Crippen molar-refractivity contribution < 1.29 is 10.2 Å². The average molecular weight is 227 g/mol. The number of aliphatic hydroxyl groups excluding tert-OH is 1. The molecule has 0 saturated heterocycles. The Bertz CT molecular complexity index is 224. The van der Waals surface area contributed by atoms with Gasteiger partial charge in [-0.15, -0.1) is 0 Å². The maximum absolute atomic E-state index is 10.4. The van der Waals surface area contributed by atoms with E-state index < -0.39 is 5.60 Å². The molecule has 3 N–H and O–H groups in total. The standard InChI is InChI=1S/C13H25NO2/c1-10-5-7-13(16,8-6-10)9-14-11-3-2-4-12(11)15/h10-12,14-16H,2-9H2,1H3. The van der Waals surface area contributed by atoms with Crippen LogP contribution < -0.4 is 5.32 Å². The van der Waals surface area contributed by atoms with Gasteiger partial charge < -0.3 is 15.5 Å². The first-order valence-corrected chi connectivity index (χ1v) is 6.73. The van der Waals surface area contributed by atoms with Crippen LogP contribution in [0.4, 0.5) is 0 Å². The van der Waals surface area contributed by atoms with Gasteiger partial charge >= 0.3 is 0 Å². The number of hydrogen-bond acceptors (Lipinski definition) is 3. The molecule has 16 heavy (non-hydrogen) atoms. The molecule has 94 valence electrons. The summed E-state index contributed by atoms with van der Waals surface area (Å²) in [6, 6.07) is 0.211. The van der Waals surface area contributed by atoms with Gasteiger partial charge in [-0.05, 0) is 50.9 Å². The first-order valence-electron chi connectivity index (χ1n) is 6.73. The van der Waals surface area contributed by atoms with E-state index >= 15 is 0 Å². The van der Waals surface area contributed by atoms with Crippen LogP contribution in [0.25, 0.3) is 0 Å². The minimum absolute atomic E-state index is 0.203. The number of nitrogens with one attached hydrogen (secondary N) is 1. The Kier molecular flexibility index (Phi) is 3.88. The molecule has 0 aromatic heterocycles. The van der Waals surface area contributed by atoms with Crippen molar-refractivity contribution in [1.29, 1.82) is 0 Å². The average Bonchev–Trinajstić information content (AvgIpc) is 2.67. The van der Waals surface area contributed by atoms with E-state index in [-0.39, 0.29) is 12.1 Å². The maximum Gasteiger partial charge on any atom is 0.0771 e. The van der Waals surface area contributed by atoms with Crippen LogP contribution in [0.1, 0.15) is 51.9 Å². The summed E-state index contributed by atoms with van der Waals surface area (Å²) in [5.74, 6) is 0.761. The molecule has 0 amide bonds. The fourth-order valence-electron chi connectivity index (χ4n) is 2.98. The van der Waals surface area contributed by atoms with Crippen molar-refractivity contribution in [2.24, 2.45) is 5.92 Å². The topological polar surface area (TPSA) is 52.5 Å². The van der Waals surface area contributed by atoms with E-state index in [2.05, 4.69) is 12.2 Å². The van der Waals surface area contributed by atoms with Crippen molar-refractivity contribution in [1.82, 2.24) is 5.32 Å². The van der Waals surface area contributed by atoms with E-state index in [1.807, 2.05) is 0 Å². The lowest BCUT2D eigenvalue weighted by molar-refractivity contribution is -0.0112. The summed E-state index contributed by atoms with van der Waals surface area (Å²) in [6.45, 7) is 2.91. The molecule has 3 heteroatoms. The first-order chi connectivity index (χ1) is 7.59. The third kappa shape index (κ3) is 2.96. The molecule has 0 spiro atoms. The van der Waals surface area contributed by atoms with Gasteiger partial charge in [-0.1, -0.05) is 6.92 Å². The van der Waals surface area contributed by atoms with E-state index in [0.29, 0.717) is 6.54 Å². The number of aliphatic hydroxyl groups is 2. The minimum Gasteiger partial charge on any atom is -0.392 e. The summed E-state index contributed by atoms with van der Waals surface area (Å²) in [6.07, 6.45) is 6.94. The molecule has 2 atom stereocenters. The van der Waals surface area contributed by atoms with Crippen LogP contribution in [0.3, 0.4) is 0 Å². The van der Waals surface area contributed by atoms with E-state index in [1.165, 1.54) is 0 Å². The monoisotopic (exact) mass is 227 g/mol. The fourth-order valence-corrected chi connectivity index (χ4v) is 2.98. The lowest BCUT2D eigenvalue weighted by Crippen LogP contribution is -2.48. The van der Waals surface area contributed by atoms with E-state index in [4.69, 9.17) is 0 Å². The van der Waals surface area contributed by atoms with E-state index in [1.54, 1.807) is 0 Å². The van der Waals surface area contributed by atoms with E-state index in [0.717, 1.165) is 50.9 Å². The largest absolute Gasteiger partial charge is 0.392 e. The Morgan fingerprint density at radius 1 is 1.19 bits per heavy atom. The lowest BCUT2D eigenvalue weighted by atomic mass is 9.79. The van der Waals surface area contributed by atoms with Crippen LogP contribution in [0, 0.1) is 5.92 Å². The highest BCUT2D eigenvalue weighted by molar-refractivity contribution is 4.90. The molecule has 2 aliphatic carbocycles. The normalized spacial score (nSPS) is 44.8. The van der Waals surface area contributed by atoms with Gasteiger partial charge in [0.1, 0.15) is 0 Å². The summed E-state index contributed by atoms with van der Waals surface area (Å²) in [4.78, 5) is 0. The van der Waals surface area contributed by atoms with Crippen LogP contribution >= 0.6 is 0 Å². The number of hydrogen-bond donors (Lipinski definition) is 3. The summed E-state index contributed by atoms with van der Waals surface area (Å²) < 4.78 is 0. The molecule has 2 rings (SSSR count). The second kappa shape index (κ2) is 5.03. The quantitative estimate of drug-likeness (QED) is 0.683. The van der Waals surface area contributed by atoms with Crippen LogP contribution in [0.5, 0.6) is 0 Å². The Morgan fingerprint density at radius 2 is 1.88 bits per heavy atom. The molecule has 2 fully saturated rings. The lowest BCUT2D eigenvalue weighted by Gasteiger charge is -2.36. The molecule has 2 unspecified atom stereocenters. The predicted octanol–water partition coefficient (Wildman–Crippen LogP) is 1.43. The number of rotatable bonds is 3. The van der Waals surface area contributed by atoms with Gasteiger partial charge in [0.25, 0.3) is 0 Å². The van der Waals surface area contributed by atoms with Gasteiger partial charge in [0.15, 0.2) is 0 Å². The molecule has 0 heterocycles. The summed E-state index contributed by atoms with van der Waals surface area (Å²) in [5.41, 5.74) is -0.519. The summed E-state index contributed by atoms with van der Waals surface area (Å²) >= 11 is 0. The highest BCUT2D eigenvalue weighted by Gasteiger charge is 2.33. The van der Waals surface area contributed by atoms with Crippen LogP contribution in [-0.2, 0) is 0 Å². The van der Waals surface area contributed by atoms with Crippen molar-refractivity contribution in [2.45, 2.75) is 69.6 Å². The SMILES string of the molecule is CC1CCC(O)(CNC2CCCC2O)CC1. The predicted molar refractivity (Wildman–Crippen MR) is 64.2 cm³/mol. The van der Waals surface area contributed by atoms with Gasteiger partial charge in [0, 0.05) is 12.6 Å². The van der Waals surface area contributed by atoms with Gasteiger partial charge in [0.05, 0.1) is 11.7 Å². The maximum atomic E-state index is 10.4. The molecule has 2 aliphatic rings.